The Morgan fingerprint density at radius 3 is 2.24 bits per heavy atom. The van der Waals surface area contributed by atoms with Crippen molar-refractivity contribution in [1.82, 2.24) is 9.96 Å². The number of hydrogen-bond acceptors (Lipinski definition) is 10. The van der Waals surface area contributed by atoms with Gasteiger partial charge in [-0.3, -0.25) is 9.59 Å². The lowest BCUT2D eigenvalue weighted by molar-refractivity contribution is -0.167. The number of nitrogens with zero attached hydrogens (tertiary/aromatic N) is 2. The molecule has 37 heavy (non-hydrogen) atoms. The van der Waals surface area contributed by atoms with Crippen molar-refractivity contribution in [3.05, 3.63) is 29.8 Å². The van der Waals surface area contributed by atoms with Gasteiger partial charge in [0.05, 0.1) is 18.8 Å². The fourth-order valence-electron chi connectivity index (χ4n) is 3.45. The molecule has 0 radical (unpaired) electrons. The first-order valence-corrected chi connectivity index (χ1v) is 12.4. The maximum absolute atomic E-state index is 12.9. The van der Waals surface area contributed by atoms with Gasteiger partial charge in [0.1, 0.15) is 18.0 Å². The highest BCUT2D eigenvalue weighted by Gasteiger charge is 2.28. The average Bonchev–Trinajstić information content (AvgIpc) is 2.85. The maximum atomic E-state index is 12.9. The molecule has 0 spiro atoms. The van der Waals surface area contributed by atoms with E-state index in [9.17, 15) is 19.2 Å². The van der Waals surface area contributed by atoms with Gasteiger partial charge in [0, 0.05) is 25.7 Å². The number of ketones is 1. The van der Waals surface area contributed by atoms with E-state index in [1.54, 1.807) is 65.9 Å². The predicted molar refractivity (Wildman–Crippen MR) is 133 cm³/mol. The minimum Gasteiger partial charge on any atom is -0.482 e. The number of hydroxylamine groups is 2. The third-order valence-corrected chi connectivity index (χ3v) is 5.59. The molecule has 0 N–H and O–H groups in total. The molecule has 1 aliphatic heterocycles. The predicted octanol–water partition coefficient (Wildman–Crippen LogP) is 3.01. The summed E-state index contributed by atoms with van der Waals surface area (Å²) >= 11 is 0. The normalized spacial score (nSPS) is 15.4. The van der Waals surface area contributed by atoms with E-state index in [2.05, 4.69) is 0 Å². The number of amides is 1. The van der Waals surface area contributed by atoms with Gasteiger partial charge in [-0.15, -0.1) is 5.06 Å². The highest BCUT2D eigenvalue weighted by atomic mass is 16.8. The second kappa shape index (κ2) is 13.9. The lowest BCUT2D eigenvalue weighted by atomic mass is 10.0. The number of carbonyl (C=O) groups excluding carboxylic acids is 4. The first-order valence-electron chi connectivity index (χ1n) is 12.4. The van der Waals surface area contributed by atoms with Crippen molar-refractivity contribution in [3.8, 4) is 5.75 Å². The molecular weight excluding hydrogens is 484 g/mol. The first-order chi connectivity index (χ1) is 17.4. The van der Waals surface area contributed by atoms with Crippen molar-refractivity contribution < 1.29 is 43.0 Å². The van der Waals surface area contributed by atoms with Crippen molar-refractivity contribution in [3.63, 3.8) is 0 Å². The van der Waals surface area contributed by atoms with Gasteiger partial charge in [-0.2, -0.15) is 0 Å². The number of piperidine rings is 1. The molecule has 1 heterocycles. The van der Waals surface area contributed by atoms with Gasteiger partial charge in [0.15, 0.2) is 12.4 Å². The largest absolute Gasteiger partial charge is 0.528 e. The molecule has 0 unspecified atom stereocenters. The van der Waals surface area contributed by atoms with Crippen LogP contribution in [-0.4, -0.2) is 91.5 Å². The summed E-state index contributed by atoms with van der Waals surface area (Å²) in [6, 6.07) is 5.64. The molecule has 1 aromatic rings. The van der Waals surface area contributed by atoms with Gasteiger partial charge in [0.2, 0.25) is 5.91 Å². The van der Waals surface area contributed by atoms with Gasteiger partial charge < -0.3 is 28.7 Å². The summed E-state index contributed by atoms with van der Waals surface area (Å²) in [4.78, 5) is 55.3. The SMILES string of the molecule is CCOC(=O)COc1ccc(C(=O)[C@H](C)N(C)C(=O)COC2CCN(OC(=O)OC(C)(C)C)CC2)cc1. The van der Waals surface area contributed by atoms with E-state index < -0.39 is 23.8 Å². The van der Waals surface area contributed by atoms with E-state index in [1.165, 1.54) is 9.96 Å². The molecule has 0 bridgehead atoms. The number of rotatable bonds is 11. The minimum absolute atomic E-state index is 0.160. The Morgan fingerprint density at radius 1 is 1.05 bits per heavy atom. The maximum Gasteiger partial charge on any atom is 0.528 e. The van der Waals surface area contributed by atoms with Crippen molar-refractivity contribution in [2.45, 2.75) is 65.2 Å². The second-order valence-electron chi connectivity index (χ2n) is 9.66. The Hall–Kier alpha value is -3.18. The van der Waals surface area contributed by atoms with Crippen LogP contribution in [0.4, 0.5) is 4.79 Å². The number of likely N-dealkylation sites (N-methyl/N-ethyl adjacent to an activating group) is 1. The first kappa shape index (κ1) is 30.0. The molecule has 1 aliphatic rings. The molecule has 11 heteroatoms. The molecule has 0 aliphatic carbocycles. The van der Waals surface area contributed by atoms with Crippen LogP contribution >= 0.6 is 0 Å². The van der Waals surface area contributed by atoms with Crippen molar-refractivity contribution in [2.24, 2.45) is 0 Å². The highest BCUT2D eigenvalue weighted by Crippen LogP contribution is 2.18. The minimum atomic E-state index is -0.749. The summed E-state index contributed by atoms with van der Waals surface area (Å²) < 4.78 is 21.0. The van der Waals surface area contributed by atoms with Crippen LogP contribution < -0.4 is 4.74 Å². The van der Waals surface area contributed by atoms with Crippen LogP contribution in [0.2, 0.25) is 0 Å². The van der Waals surface area contributed by atoms with Crippen LogP contribution in [0, 0.1) is 0 Å². The fraction of sp³-hybridized carbons (Fsp3) is 0.615. The van der Waals surface area contributed by atoms with Crippen molar-refractivity contribution in [1.29, 1.82) is 0 Å². The monoisotopic (exact) mass is 522 g/mol. The quantitative estimate of drug-likeness (QED) is 0.317. The van der Waals surface area contributed by atoms with E-state index in [1.807, 2.05) is 0 Å². The molecular formula is C26H38N2O9. The van der Waals surface area contributed by atoms with Crippen LogP contribution in [0.5, 0.6) is 5.75 Å². The Bertz CT molecular complexity index is 919. The van der Waals surface area contributed by atoms with Crippen LogP contribution in [0.15, 0.2) is 24.3 Å². The fourth-order valence-corrected chi connectivity index (χ4v) is 3.45. The number of hydrogen-bond donors (Lipinski definition) is 0. The zero-order chi connectivity index (χ0) is 27.6. The number of Topliss-reactive ketones (excluding diaryl/α,β-unsaturated/α-hetero) is 1. The Morgan fingerprint density at radius 2 is 1.68 bits per heavy atom. The van der Waals surface area contributed by atoms with E-state index in [0.717, 1.165) is 0 Å². The second-order valence-corrected chi connectivity index (χ2v) is 9.66. The molecule has 2 rings (SSSR count). The van der Waals surface area contributed by atoms with E-state index in [0.29, 0.717) is 37.2 Å². The molecule has 1 fully saturated rings. The molecule has 206 valence electrons. The molecule has 11 nitrogen and oxygen atoms in total. The Labute approximate surface area is 217 Å². The standard InChI is InChI=1S/C26H38N2O9/c1-7-33-23(30)17-35-20-10-8-19(9-11-20)24(31)18(2)27(6)22(29)16-34-21-12-14-28(15-13-21)37-25(32)36-26(3,4)5/h8-11,18,21H,7,12-17H2,1-6H3/t18-/m0/s1. The molecule has 0 aromatic heterocycles. The third kappa shape index (κ3) is 10.4. The Kier molecular flexibility index (Phi) is 11.3. The number of ether oxygens (including phenoxy) is 4. The molecule has 1 atom stereocenters. The van der Waals surface area contributed by atoms with Crippen LogP contribution in [0.1, 0.15) is 57.8 Å². The number of benzene rings is 1. The van der Waals surface area contributed by atoms with E-state index in [4.69, 9.17) is 23.8 Å². The van der Waals surface area contributed by atoms with Crippen LogP contribution in [-0.2, 0) is 28.6 Å². The van der Waals surface area contributed by atoms with Crippen molar-refractivity contribution in [2.75, 3.05) is 40.0 Å². The zero-order valence-electron chi connectivity index (χ0n) is 22.5. The average molecular weight is 523 g/mol. The molecule has 1 saturated heterocycles. The zero-order valence-corrected chi connectivity index (χ0v) is 22.5. The van der Waals surface area contributed by atoms with Gasteiger partial charge in [-0.25, -0.2) is 9.59 Å². The van der Waals surface area contributed by atoms with Crippen LogP contribution in [0.25, 0.3) is 0 Å². The summed E-state index contributed by atoms with van der Waals surface area (Å²) in [5.41, 5.74) is -0.221. The van der Waals surface area contributed by atoms with Crippen LogP contribution in [0.3, 0.4) is 0 Å². The molecule has 0 saturated carbocycles. The smallest absolute Gasteiger partial charge is 0.482 e. The highest BCUT2D eigenvalue weighted by molar-refractivity contribution is 6.01. The summed E-state index contributed by atoms with van der Waals surface area (Å²) in [6.45, 7) is 9.46. The topological polar surface area (TPSA) is 121 Å². The summed E-state index contributed by atoms with van der Waals surface area (Å²) in [7, 11) is 1.56. The van der Waals surface area contributed by atoms with Gasteiger partial charge in [0.25, 0.3) is 0 Å². The lowest BCUT2D eigenvalue weighted by Gasteiger charge is -2.31. The Balaban J connectivity index is 1.75. The van der Waals surface area contributed by atoms with Crippen molar-refractivity contribution >= 4 is 23.8 Å². The van der Waals surface area contributed by atoms with E-state index in [-0.39, 0.29) is 37.6 Å². The summed E-state index contributed by atoms with van der Waals surface area (Å²) in [5.74, 6) is -0.598. The number of carbonyl (C=O) groups is 4. The summed E-state index contributed by atoms with van der Waals surface area (Å²) in [5, 5.41) is 1.52. The number of esters is 1. The van der Waals surface area contributed by atoms with E-state index >= 15 is 0 Å². The molecule has 1 aromatic carbocycles. The van der Waals surface area contributed by atoms with Gasteiger partial charge >= 0.3 is 12.1 Å². The van der Waals surface area contributed by atoms with Gasteiger partial charge in [-0.1, -0.05) is 0 Å². The summed E-state index contributed by atoms with van der Waals surface area (Å²) in [6.07, 6.45) is 0.253. The third-order valence-electron chi connectivity index (χ3n) is 5.59. The van der Waals surface area contributed by atoms with Gasteiger partial charge in [-0.05, 0) is 71.7 Å². The lowest BCUT2D eigenvalue weighted by Crippen LogP contribution is -2.44. The molecule has 1 amide bonds.